The minimum Gasteiger partial charge on any atom is -0.460 e. The zero-order valence-corrected chi connectivity index (χ0v) is 20.4. The molecule has 0 aromatic carbocycles. The number of nitrogens with one attached hydrogen (secondary N) is 3. The highest BCUT2D eigenvalue weighted by Gasteiger charge is 2.15. The van der Waals surface area contributed by atoms with Crippen molar-refractivity contribution in [3.05, 3.63) is 0 Å². The summed E-state index contributed by atoms with van der Waals surface area (Å²) in [5.74, 6) is 0.416. The van der Waals surface area contributed by atoms with Crippen LogP contribution in [0.4, 0.5) is 0 Å². The summed E-state index contributed by atoms with van der Waals surface area (Å²) in [7, 11) is 1.68. The van der Waals surface area contributed by atoms with Crippen molar-refractivity contribution in [2.45, 2.75) is 84.8 Å². The highest BCUT2D eigenvalue weighted by molar-refractivity contribution is 14.0. The molecule has 160 valence electrons. The van der Waals surface area contributed by atoms with Crippen molar-refractivity contribution in [3.8, 4) is 0 Å². The van der Waals surface area contributed by atoms with Gasteiger partial charge in [-0.15, -0.1) is 24.0 Å². The SMILES string of the molecule is CN=C(NCCCCCCC(=O)OC(C)(C)C)NCC(=O)NC(C)(C)C.I. The second kappa shape index (κ2) is 14.0. The van der Waals surface area contributed by atoms with E-state index in [4.69, 9.17) is 4.74 Å². The van der Waals surface area contributed by atoms with Crippen LogP contribution < -0.4 is 16.0 Å². The number of nitrogens with zero attached hydrogens (tertiary/aromatic N) is 1. The normalized spacial score (nSPS) is 12.0. The molecular formula is C19H39IN4O3. The maximum absolute atomic E-state index is 11.8. The minimum absolute atomic E-state index is 0. The van der Waals surface area contributed by atoms with Gasteiger partial charge in [-0.3, -0.25) is 14.6 Å². The maximum Gasteiger partial charge on any atom is 0.306 e. The predicted molar refractivity (Wildman–Crippen MR) is 122 cm³/mol. The molecule has 0 spiro atoms. The van der Waals surface area contributed by atoms with Crippen LogP contribution in [-0.2, 0) is 14.3 Å². The van der Waals surface area contributed by atoms with Crippen molar-refractivity contribution in [2.75, 3.05) is 20.1 Å². The molecule has 0 rings (SSSR count). The van der Waals surface area contributed by atoms with E-state index in [1.54, 1.807) is 7.05 Å². The molecular weight excluding hydrogens is 459 g/mol. The van der Waals surface area contributed by atoms with E-state index in [9.17, 15) is 9.59 Å². The predicted octanol–water partition coefficient (Wildman–Crippen LogP) is 2.98. The second-order valence-electron chi connectivity index (χ2n) is 8.40. The van der Waals surface area contributed by atoms with Gasteiger partial charge < -0.3 is 20.7 Å². The van der Waals surface area contributed by atoms with Crippen molar-refractivity contribution < 1.29 is 14.3 Å². The zero-order valence-electron chi connectivity index (χ0n) is 18.0. The van der Waals surface area contributed by atoms with Crippen molar-refractivity contribution in [1.82, 2.24) is 16.0 Å². The Bertz CT molecular complexity index is 469. The number of ether oxygens (including phenoxy) is 1. The van der Waals surface area contributed by atoms with Gasteiger partial charge in [0.05, 0.1) is 6.54 Å². The third-order valence-corrected chi connectivity index (χ3v) is 3.17. The van der Waals surface area contributed by atoms with Gasteiger partial charge in [-0.25, -0.2) is 0 Å². The Morgan fingerprint density at radius 1 is 0.926 bits per heavy atom. The number of hydrogen-bond donors (Lipinski definition) is 3. The fraction of sp³-hybridized carbons (Fsp3) is 0.842. The Morgan fingerprint density at radius 2 is 1.52 bits per heavy atom. The number of carbonyl (C=O) groups excluding carboxylic acids is 2. The molecule has 0 bridgehead atoms. The van der Waals surface area contributed by atoms with E-state index in [2.05, 4.69) is 20.9 Å². The lowest BCUT2D eigenvalue weighted by molar-refractivity contribution is -0.154. The molecule has 0 atom stereocenters. The molecule has 0 heterocycles. The lowest BCUT2D eigenvalue weighted by Crippen LogP contribution is -2.48. The van der Waals surface area contributed by atoms with Crippen LogP contribution in [0.3, 0.4) is 0 Å². The molecule has 0 aliphatic rings. The molecule has 0 radical (unpaired) electrons. The van der Waals surface area contributed by atoms with E-state index in [0.29, 0.717) is 12.4 Å². The van der Waals surface area contributed by atoms with Gasteiger partial charge in [0.25, 0.3) is 0 Å². The van der Waals surface area contributed by atoms with E-state index in [1.807, 2.05) is 41.5 Å². The molecule has 0 aliphatic carbocycles. The van der Waals surface area contributed by atoms with Crippen molar-refractivity contribution in [1.29, 1.82) is 0 Å². The molecule has 8 heteroatoms. The molecule has 0 aliphatic heterocycles. The average molecular weight is 498 g/mol. The highest BCUT2D eigenvalue weighted by atomic mass is 127. The van der Waals surface area contributed by atoms with Crippen LogP contribution >= 0.6 is 24.0 Å². The monoisotopic (exact) mass is 498 g/mol. The number of rotatable bonds is 9. The lowest BCUT2D eigenvalue weighted by Gasteiger charge is -2.21. The van der Waals surface area contributed by atoms with E-state index in [0.717, 1.165) is 32.2 Å². The number of hydrogen-bond acceptors (Lipinski definition) is 4. The van der Waals surface area contributed by atoms with Crippen LogP contribution in [0.2, 0.25) is 0 Å². The van der Waals surface area contributed by atoms with Gasteiger partial charge in [0, 0.05) is 25.6 Å². The first-order valence-corrected chi connectivity index (χ1v) is 9.40. The highest BCUT2D eigenvalue weighted by Crippen LogP contribution is 2.10. The molecule has 0 unspecified atom stereocenters. The summed E-state index contributed by atoms with van der Waals surface area (Å²) in [6, 6.07) is 0. The second-order valence-corrected chi connectivity index (χ2v) is 8.40. The smallest absolute Gasteiger partial charge is 0.306 e. The summed E-state index contributed by atoms with van der Waals surface area (Å²) < 4.78 is 5.28. The summed E-state index contributed by atoms with van der Waals surface area (Å²) in [4.78, 5) is 27.5. The van der Waals surface area contributed by atoms with Crippen molar-refractivity contribution in [2.24, 2.45) is 4.99 Å². The minimum atomic E-state index is -0.409. The van der Waals surface area contributed by atoms with Gasteiger partial charge in [0.15, 0.2) is 5.96 Å². The zero-order chi connectivity index (χ0) is 20.2. The van der Waals surface area contributed by atoms with Crippen LogP contribution in [0.25, 0.3) is 0 Å². The third-order valence-electron chi connectivity index (χ3n) is 3.17. The number of carbonyl (C=O) groups is 2. The largest absolute Gasteiger partial charge is 0.460 e. The van der Waals surface area contributed by atoms with Gasteiger partial charge >= 0.3 is 5.97 Å². The first kappa shape index (κ1) is 28.2. The summed E-state index contributed by atoms with van der Waals surface area (Å²) in [6.07, 6.45) is 4.30. The van der Waals surface area contributed by atoms with E-state index in [1.165, 1.54) is 0 Å². The molecule has 3 N–H and O–H groups in total. The van der Waals surface area contributed by atoms with E-state index in [-0.39, 0.29) is 47.9 Å². The lowest BCUT2D eigenvalue weighted by atomic mass is 10.1. The fourth-order valence-electron chi connectivity index (χ4n) is 2.19. The number of halogens is 1. The summed E-state index contributed by atoms with van der Waals surface area (Å²) >= 11 is 0. The quantitative estimate of drug-likeness (QED) is 0.150. The van der Waals surface area contributed by atoms with Gasteiger partial charge in [-0.1, -0.05) is 12.8 Å². The molecule has 0 fully saturated rings. The molecule has 0 aromatic rings. The standard InChI is InChI=1S/C19H38N4O3.HI/c1-18(2,3)23-15(24)14-22-17(20-7)21-13-11-9-8-10-12-16(25)26-19(4,5)6;/h8-14H2,1-7H3,(H,23,24)(H2,20,21,22);1H. The Hall–Kier alpha value is -1.06. The summed E-state index contributed by atoms with van der Waals surface area (Å²) in [5, 5.41) is 9.07. The van der Waals surface area contributed by atoms with Gasteiger partial charge in [0.2, 0.25) is 5.91 Å². The molecule has 27 heavy (non-hydrogen) atoms. The Labute approximate surface area is 181 Å². The van der Waals surface area contributed by atoms with Crippen LogP contribution in [0, 0.1) is 0 Å². The number of guanidine groups is 1. The van der Waals surface area contributed by atoms with E-state index >= 15 is 0 Å². The van der Waals surface area contributed by atoms with Gasteiger partial charge in [-0.2, -0.15) is 0 Å². The van der Waals surface area contributed by atoms with Crippen LogP contribution in [0.5, 0.6) is 0 Å². The summed E-state index contributed by atoms with van der Waals surface area (Å²) in [6.45, 7) is 12.4. The van der Waals surface area contributed by atoms with Gasteiger partial charge in [0.1, 0.15) is 5.60 Å². The topological polar surface area (TPSA) is 91.8 Å². The fourth-order valence-corrected chi connectivity index (χ4v) is 2.19. The van der Waals surface area contributed by atoms with Crippen molar-refractivity contribution in [3.63, 3.8) is 0 Å². The van der Waals surface area contributed by atoms with Gasteiger partial charge in [-0.05, 0) is 54.4 Å². The first-order valence-electron chi connectivity index (χ1n) is 9.40. The Balaban J connectivity index is 0. The summed E-state index contributed by atoms with van der Waals surface area (Å²) in [5.41, 5.74) is -0.650. The van der Waals surface area contributed by atoms with Crippen LogP contribution in [0.15, 0.2) is 4.99 Å². The molecule has 0 saturated carbocycles. The van der Waals surface area contributed by atoms with Crippen LogP contribution in [0.1, 0.15) is 73.6 Å². The van der Waals surface area contributed by atoms with E-state index < -0.39 is 5.60 Å². The number of amides is 1. The number of unbranched alkanes of at least 4 members (excludes halogenated alkanes) is 3. The average Bonchev–Trinajstić information content (AvgIpc) is 2.45. The molecule has 1 amide bonds. The molecule has 0 aromatic heterocycles. The maximum atomic E-state index is 11.8. The number of aliphatic imine (C=N–C) groups is 1. The van der Waals surface area contributed by atoms with Crippen molar-refractivity contribution >= 4 is 41.8 Å². The molecule has 7 nitrogen and oxygen atoms in total. The third kappa shape index (κ3) is 19.5. The Kier molecular flexibility index (Phi) is 14.6. The molecule has 0 saturated heterocycles. The Morgan fingerprint density at radius 3 is 2.04 bits per heavy atom. The number of esters is 1. The van der Waals surface area contributed by atoms with Crippen LogP contribution in [-0.4, -0.2) is 49.1 Å². The first-order chi connectivity index (χ1) is 11.9.